The summed E-state index contributed by atoms with van der Waals surface area (Å²) in [6.45, 7) is 9.41. The van der Waals surface area contributed by atoms with Crippen LogP contribution in [0.25, 0.3) is 11.0 Å². The first-order valence-electron chi connectivity index (χ1n) is 11.9. The fourth-order valence-electron chi connectivity index (χ4n) is 5.60. The van der Waals surface area contributed by atoms with Crippen LogP contribution in [0.4, 0.5) is 5.69 Å². The number of pyridine rings is 1. The van der Waals surface area contributed by atoms with Gasteiger partial charge in [-0.15, -0.1) is 0 Å². The largest absolute Gasteiger partial charge is 0.389 e. The fourth-order valence-corrected chi connectivity index (χ4v) is 5.60. The molecule has 4 heterocycles. The number of nitrogens with one attached hydrogen (secondary N) is 1. The number of rotatable bonds is 6. The third-order valence-corrected chi connectivity index (χ3v) is 7.20. The summed E-state index contributed by atoms with van der Waals surface area (Å²) in [5, 5.41) is 20.0. The van der Waals surface area contributed by atoms with Gasteiger partial charge in [0, 0.05) is 68.3 Å². The van der Waals surface area contributed by atoms with Crippen molar-refractivity contribution in [3.05, 3.63) is 59.9 Å². The Hall–Kier alpha value is -2.94. The smallest absolute Gasteiger partial charge is 0.274 e. The lowest BCUT2D eigenvalue weighted by Gasteiger charge is -2.55. The minimum absolute atomic E-state index is 0.402. The number of hydrogen-bond acceptors (Lipinski definition) is 6. The van der Waals surface area contributed by atoms with Crippen molar-refractivity contribution >= 4 is 22.6 Å². The van der Waals surface area contributed by atoms with Gasteiger partial charge in [-0.2, -0.15) is 0 Å². The summed E-state index contributed by atoms with van der Waals surface area (Å²) >= 11 is 0. The number of anilines is 1. The average Bonchev–Trinajstić information content (AvgIpc) is 3.20. The zero-order valence-corrected chi connectivity index (χ0v) is 19.9. The Morgan fingerprint density at radius 2 is 1.82 bits per heavy atom. The summed E-state index contributed by atoms with van der Waals surface area (Å²) in [6.07, 6.45) is 6.31. The first-order valence-corrected chi connectivity index (χ1v) is 11.9. The topological polar surface area (TPSA) is 93.9 Å². The van der Waals surface area contributed by atoms with Crippen LogP contribution < -0.4 is 10.4 Å². The normalized spacial score (nSPS) is 18.3. The molecule has 2 saturated heterocycles. The highest BCUT2D eigenvalue weighted by Crippen LogP contribution is 2.42. The molecule has 34 heavy (non-hydrogen) atoms. The van der Waals surface area contributed by atoms with E-state index in [1.807, 2.05) is 32.2 Å². The minimum Gasteiger partial charge on any atom is -0.389 e. The molecule has 2 aliphatic heterocycles. The second-order valence-corrected chi connectivity index (χ2v) is 10.6. The predicted octanol–water partition coefficient (Wildman–Crippen LogP) is 2.88. The number of hydroxylamine groups is 1. The van der Waals surface area contributed by atoms with Crippen molar-refractivity contribution in [3.8, 4) is 0 Å². The Labute approximate surface area is 199 Å². The minimum atomic E-state index is -0.631. The van der Waals surface area contributed by atoms with Crippen molar-refractivity contribution in [2.24, 2.45) is 5.41 Å². The van der Waals surface area contributed by atoms with Gasteiger partial charge < -0.3 is 14.6 Å². The number of carbonyl (C=O) groups is 1. The Morgan fingerprint density at radius 3 is 2.47 bits per heavy atom. The molecule has 1 aromatic carbocycles. The summed E-state index contributed by atoms with van der Waals surface area (Å²) in [5.41, 5.74) is 5.10. The average molecular weight is 464 g/mol. The summed E-state index contributed by atoms with van der Waals surface area (Å²) in [4.78, 5) is 21.1. The number of amides is 1. The lowest BCUT2D eigenvalue weighted by atomic mass is 9.71. The number of piperidine rings is 1. The zero-order valence-electron chi connectivity index (χ0n) is 19.9. The van der Waals surface area contributed by atoms with Crippen LogP contribution in [-0.4, -0.2) is 69.0 Å². The summed E-state index contributed by atoms with van der Waals surface area (Å²) in [5.74, 6) is -0.514. The van der Waals surface area contributed by atoms with E-state index in [1.165, 1.54) is 18.5 Å². The maximum Gasteiger partial charge on any atom is 0.274 e. The highest BCUT2D eigenvalue weighted by atomic mass is 16.5. The predicted molar refractivity (Wildman–Crippen MR) is 131 cm³/mol. The van der Waals surface area contributed by atoms with Gasteiger partial charge in [-0.1, -0.05) is 12.1 Å². The van der Waals surface area contributed by atoms with Gasteiger partial charge in [-0.05, 0) is 61.9 Å². The molecule has 1 amide bonds. The SMILES string of the molecule is CC(C)(O)CN1CC2(CCN(c3ccnc4c3ccn4Cc3ccc(C(=O)NO)cc3)CC2)C1. The molecule has 8 heteroatoms. The molecule has 0 saturated carbocycles. The monoisotopic (exact) mass is 463 g/mol. The molecule has 5 rings (SSSR count). The summed E-state index contributed by atoms with van der Waals surface area (Å²) < 4.78 is 2.13. The van der Waals surface area contributed by atoms with Gasteiger partial charge in [-0.3, -0.25) is 14.9 Å². The van der Waals surface area contributed by atoms with Crippen molar-refractivity contribution in [1.29, 1.82) is 0 Å². The van der Waals surface area contributed by atoms with Crippen LogP contribution in [-0.2, 0) is 6.54 Å². The number of β-amino-alcohol motifs (C(OH)–C–C–N with tert-alkyl or cyclic N) is 1. The Balaban J connectivity index is 1.26. The number of benzene rings is 1. The fraction of sp³-hybridized carbons (Fsp3) is 0.462. The maximum atomic E-state index is 11.5. The molecule has 0 atom stereocenters. The van der Waals surface area contributed by atoms with E-state index in [2.05, 4.69) is 37.7 Å². The molecular weight excluding hydrogens is 430 g/mol. The molecule has 0 bridgehead atoms. The van der Waals surface area contributed by atoms with Crippen molar-refractivity contribution in [2.75, 3.05) is 37.6 Å². The van der Waals surface area contributed by atoms with E-state index in [4.69, 9.17) is 5.21 Å². The molecule has 1 spiro atoms. The molecule has 0 radical (unpaired) electrons. The Bertz CT molecular complexity index is 1170. The van der Waals surface area contributed by atoms with E-state index in [-0.39, 0.29) is 0 Å². The molecule has 2 fully saturated rings. The number of aliphatic hydroxyl groups is 1. The van der Waals surface area contributed by atoms with Gasteiger partial charge in [0.15, 0.2) is 0 Å². The third-order valence-electron chi connectivity index (χ3n) is 7.20. The molecule has 3 N–H and O–H groups in total. The van der Waals surface area contributed by atoms with Crippen molar-refractivity contribution in [1.82, 2.24) is 19.9 Å². The molecule has 3 aromatic rings. The van der Waals surface area contributed by atoms with E-state index in [9.17, 15) is 9.90 Å². The Morgan fingerprint density at radius 1 is 1.12 bits per heavy atom. The van der Waals surface area contributed by atoms with Crippen LogP contribution in [0.15, 0.2) is 48.8 Å². The highest BCUT2D eigenvalue weighted by Gasteiger charge is 2.45. The van der Waals surface area contributed by atoms with E-state index in [1.54, 1.807) is 17.6 Å². The van der Waals surface area contributed by atoms with E-state index in [0.29, 0.717) is 17.5 Å². The molecule has 2 aromatic heterocycles. The number of nitrogens with zero attached hydrogens (tertiary/aromatic N) is 4. The van der Waals surface area contributed by atoms with Gasteiger partial charge in [0.1, 0.15) is 5.65 Å². The second kappa shape index (κ2) is 8.69. The first-order chi connectivity index (χ1) is 16.3. The second-order valence-electron chi connectivity index (χ2n) is 10.6. The summed E-state index contributed by atoms with van der Waals surface area (Å²) in [6, 6.07) is 11.5. The van der Waals surface area contributed by atoms with Gasteiger partial charge in [-0.25, -0.2) is 10.5 Å². The van der Waals surface area contributed by atoms with E-state index >= 15 is 0 Å². The summed E-state index contributed by atoms with van der Waals surface area (Å²) in [7, 11) is 0. The number of aromatic nitrogens is 2. The van der Waals surface area contributed by atoms with Crippen molar-refractivity contribution < 1.29 is 15.1 Å². The van der Waals surface area contributed by atoms with Crippen LogP contribution in [0.2, 0.25) is 0 Å². The molecular formula is C26H33N5O3. The zero-order chi connectivity index (χ0) is 23.9. The van der Waals surface area contributed by atoms with Crippen LogP contribution in [0, 0.1) is 5.41 Å². The molecule has 2 aliphatic rings. The number of fused-ring (bicyclic) bond motifs is 1. The maximum absolute atomic E-state index is 11.5. The third kappa shape index (κ3) is 4.53. The number of carbonyl (C=O) groups excluding carboxylic acids is 1. The van der Waals surface area contributed by atoms with Crippen molar-refractivity contribution in [3.63, 3.8) is 0 Å². The molecule has 0 unspecified atom stereocenters. The highest BCUT2D eigenvalue weighted by molar-refractivity contribution is 5.93. The van der Waals surface area contributed by atoms with Crippen molar-refractivity contribution in [2.45, 2.75) is 38.8 Å². The molecule has 0 aliphatic carbocycles. The lowest BCUT2D eigenvalue weighted by Crippen LogP contribution is -2.62. The van der Waals surface area contributed by atoms with Gasteiger partial charge >= 0.3 is 0 Å². The number of likely N-dealkylation sites (tertiary alicyclic amines) is 1. The first kappa shape index (κ1) is 22.8. The van der Waals surface area contributed by atoms with Crippen LogP contribution >= 0.6 is 0 Å². The van der Waals surface area contributed by atoms with Crippen LogP contribution in [0.1, 0.15) is 42.6 Å². The Kier molecular flexibility index (Phi) is 5.83. The van der Waals surface area contributed by atoms with Gasteiger partial charge in [0.2, 0.25) is 0 Å². The van der Waals surface area contributed by atoms with Gasteiger partial charge in [0.25, 0.3) is 5.91 Å². The van der Waals surface area contributed by atoms with Crippen LogP contribution in [0.3, 0.4) is 0 Å². The standard InChI is InChI=1S/C26H33N5O3/c1-25(2,33)16-29-17-26(18-29)9-13-30(14-10-26)22-7-11-27-23-21(22)8-12-31(23)15-19-3-5-20(6-4-19)24(32)28-34/h3-8,11-12,33-34H,9-10,13-18H2,1-2H3,(H,28,32). The molecule has 180 valence electrons. The van der Waals surface area contributed by atoms with E-state index < -0.39 is 11.5 Å². The quantitative estimate of drug-likeness (QED) is 0.385. The van der Waals surface area contributed by atoms with Crippen LogP contribution in [0.5, 0.6) is 0 Å². The van der Waals surface area contributed by atoms with Gasteiger partial charge in [0.05, 0.1) is 5.60 Å². The lowest BCUT2D eigenvalue weighted by molar-refractivity contribution is -0.0642. The number of hydrogen-bond donors (Lipinski definition) is 3. The van der Waals surface area contributed by atoms with E-state index in [0.717, 1.165) is 49.3 Å². The molecule has 8 nitrogen and oxygen atoms in total.